The summed E-state index contributed by atoms with van der Waals surface area (Å²) in [7, 11) is -1.06. The molecule has 0 saturated carbocycles. The second kappa shape index (κ2) is 5.65. The molecule has 1 aromatic rings. The quantitative estimate of drug-likeness (QED) is 0.587. The standard InChI is InChI=1S/C17H19BClFO3/c1-16(2)17(3,4)23-18(22-16)15(20)14-11(9-19)10-21-13-8-6-5-7-12(13)14/h5-8,10H,9H2,1-4H3. The Kier molecular flexibility index (Phi) is 4.07. The van der Waals surface area contributed by atoms with Gasteiger partial charge >= 0.3 is 7.12 Å². The van der Waals surface area contributed by atoms with Gasteiger partial charge in [-0.05, 0) is 33.8 Å². The molecule has 2 heterocycles. The lowest BCUT2D eigenvalue weighted by atomic mass is 9.80. The summed E-state index contributed by atoms with van der Waals surface area (Å²) in [6, 6.07) is 7.25. The molecule has 0 amide bonds. The van der Waals surface area contributed by atoms with Crippen LogP contribution in [0.1, 0.15) is 33.3 Å². The van der Waals surface area contributed by atoms with Gasteiger partial charge in [-0.2, -0.15) is 0 Å². The topological polar surface area (TPSA) is 27.7 Å². The van der Waals surface area contributed by atoms with Gasteiger partial charge in [0.25, 0.3) is 0 Å². The number of para-hydroxylation sites is 1. The Morgan fingerprint density at radius 2 is 1.74 bits per heavy atom. The van der Waals surface area contributed by atoms with E-state index in [0.717, 1.165) is 0 Å². The Hall–Kier alpha value is -1.30. The zero-order valence-corrected chi connectivity index (χ0v) is 14.4. The number of ether oxygens (including phenoxy) is 1. The molecular formula is C17H19BClFO3. The average Bonchev–Trinajstić information content (AvgIpc) is 2.73. The molecule has 0 radical (unpaired) electrons. The Bertz CT molecular complexity index is 681. The Morgan fingerprint density at radius 1 is 1.13 bits per heavy atom. The molecule has 6 heteroatoms. The molecule has 0 bridgehead atoms. The number of hydrogen-bond donors (Lipinski definition) is 0. The van der Waals surface area contributed by atoms with Crippen LogP contribution in [0.25, 0.3) is 5.57 Å². The highest BCUT2D eigenvalue weighted by Gasteiger charge is 2.54. The molecule has 0 N–H and O–H groups in total. The molecule has 1 saturated heterocycles. The van der Waals surface area contributed by atoms with Crippen LogP contribution < -0.4 is 4.74 Å². The smallest absolute Gasteiger partial charge is 0.464 e. The average molecular weight is 337 g/mol. The summed E-state index contributed by atoms with van der Waals surface area (Å²) in [6.07, 6.45) is 1.48. The van der Waals surface area contributed by atoms with Crippen molar-refractivity contribution < 1.29 is 18.4 Å². The van der Waals surface area contributed by atoms with Crippen LogP contribution in [-0.4, -0.2) is 24.2 Å². The van der Waals surface area contributed by atoms with Gasteiger partial charge in [0.1, 0.15) is 11.5 Å². The number of fused-ring (bicyclic) bond motifs is 1. The van der Waals surface area contributed by atoms with Crippen molar-refractivity contribution in [1.29, 1.82) is 0 Å². The van der Waals surface area contributed by atoms with Crippen molar-refractivity contribution in [1.82, 2.24) is 0 Å². The molecular weight excluding hydrogens is 317 g/mol. The lowest BCUT2D eigenvalue weighted by Gasteiger charge is -2.32. The first kappa shape index (κ1) is 16.6. The molecule has 0 atom stereocenters. The summed E-state index contributed by atoms with van der Waals surface area (Å²) in [5, 5.41) is 0. The third-order valence-electron chi connectivity index (χ3n) is 4.65. The lowest BCUT2D eigenvalue weighted by molar-refractivity contribution is 0.00578. The number of hydrogen-bond acceptors (Lipinski definition) is 3. The van der Waals surface area contributed by atoms with E-state index in [-0.39, 0.29) is 5.88 Å². The highest BCUT2D eigenvalue weighted by molar-refractivity contribution is 6.55. The van der Waals surface area contributed by atoms with Crippen LogP contribution in [0.3, 0.4) is 0 Å². The van der Waals surface area contributed by atoms with Crippen LogP contribution in [0.4, 0.5) is 4.39 Å². The number of benzene rings is 1. The summed E-state index contributed by atoms with van der Waals surface area (Å²) in [5.41, 5.74) is -0.0852. The first-order valence-electron chi connectivity index (χ1n) is 7.53. The molecule has 3 nitrogen and oxygen atoms in total. The van der Waals surface area contributed by atoms with Gasteiger partial charge in [0, 0.05) is 16.7 Å². The number of alkyl halides is 1. The molecule has 1 aromatic carbocycles. The molecule has 0 aliphatic carbocycles. The second-order valence-corrected chi connectivity index (χ2v) is 6.97. The number of allylic oxidation sites excluding steroid dienone is 2. The molecule has 0 unspecified atom stereocenters. The molecule has 0 aromatic heterocycles. The summed E-state index contributed by atoms with van der Waals surface area (Å²) in [6.45, 7) is 7.56. The predicted molar refractivity (Wildman–Crippen MR) is 90.0 cm³/mol. The third kappa shape index (κ3) is 2.71. The van der Waals surface area contributed by atoms with Crippen molar-refractivity contribution in [3.05, 3.63) is 47.4 Å². The van der Waals surface area contributed by atoms with Crippen LogP contribution in [0.5, 0.6) is 5.75 Å². The van der Waals surface area contributed by atoms with E-state index in [2.05, 4.69) is 0 Å². The number of rotatable bonds is 2. The molecule has 2 aliphatic rings. The fourth-order valence-corrected chi connectivity index (χ4v) is 2.78. The molecule has 0 spiro atoms. The van der Waals surface area contributed by atoms with Gasteiger partial charge in [-0.1, -0.05) is 18.2 Å². The molecule has 3 rings (SSSR count). The van der Waals surface area contributed by atoms with E-state index in [1.54, 1.807) is 12.1 Å². The van der Waals surface area contributed by atoms with Gasteiger partial charge in [-0.25, -0.2) is 4.39 Å². The fraction of sp³-hybridized carbons (Fsp3) is 0.412. The largest absolute Gasteiger partial charge is 0.525 e. The van der Waals surface area contributed by atoms with Crippen LogP contribution in [0.2, 0.25) is 0 Å². The molecule has 1 fully saturated rings. The van der Waals surface area contributed by atoms with Crippen LogP contribution in [-0.2, 0) is 9.31 Å². The minimum Gasteiger partial charge on any atom is -0.464 e. The van der Waals surface area contributed by atoms with Gasteiger partial charge in [0.15, 0.2) is 0 Å². The predicted octanol–water partition coefficient (Wildman–Crippen LogP) is 4.51. The highest BCUT2D eigenvalue weighted by Crippen LogP contribution is 2.44. The third-order valence-corrected chi connectivity index (χ3v) is 4.94. The van der Waals surface area contributed by atoms with E-state index in [1.165, 1.54) is 6.26 Å². The van der Waals surface area contributed by atoms with Crippen molar-refractivity contribution in [2.75, 3.05) is 5.88 Å². The van der Waals surface area contributed by atoms with Crippen molar-refractivity contribution in [2.24, 2.45) is 0 Å². The Labute approximate surface area is 141 Å². The van der Waals surface area contributed by atoms with Gasteiger partial charge < -0.3 is 14.0 Å². The van der Waals surface area contributed by atoms with E-state index < -0.39 is 24.0 Å². The Balaban J connectivity index is 2.08. The van der Waals surface area contributed by atoms with Crippen molar-refractivity contribution >= 4 is 24.3 Å². The minimum absolute atomic E-state index is 0.136. The van der Waals surface area contributed by atoms with Crippen molar-refractivity contribution in [3.8, 4) is 5.75 Å². The SMILES string of the molecule is CC1(C)OB(C(F)=C2C(CCl)=COc3ccccc32)OC1(C)C. The van der Waals surface area contributed by atoms with Crippen LogP contribution in [0, 0.1) is 0 Å². The lowest BCUT2D eigenvalue weighted by Crippen LogP contribution is -2.41. The van der Waals surface area contributed by atoms with E-state index in [1.807, 2.05) is 39.8 Å². The van der Waals surface area contributed by atoms with Crippen molar-refractivity contribution in [3.63, 3.8) is 0 Å². The zero-order chi connectivity index (χ0) is 16.8. The van der Waals surface area contributed by atoms with Gasteiger partial charge in [0.2, 0.25) is 0 Å². The monoisotopic (exact) mass is 336 g/mol. The zero-order valence-electron chi connectivity index (χ0n) is 13.7. The fourth-order valence-electron chi connectivity index (χ4n) is 2.59. The Morgan fingerprint density at radius 3 is 2.35 bits per heavy atom. The van der Waals surface area contributed by atoms with Gasteiger partial charge in [-0.3, -0.25) is 0 Å². The summed E-state index contributed by atoms with van der Waals surface area (Å²) < 4.78 is 32.4. The van der Waals surface area contributed by atoms with E-state index in [0.29, 0.717) is 22.5 Å². The van der Waals surface area contributed by atoms with Crippen molar-refractivity contribution in [2.45, 2.75) is 38.9 Å². The molecule has 2 aliphatic heterocycles. The van der Waals surface area contributed by atoms with Crippen LogP contribution in [0.15, 0.2) is 41.8 Å². The summed E-state index contributed by atoms with van der Waals surface area (Å²) in [4.78, 5) is 0. The maximum Gasteiger partial charge on any atom is 0.525 e. The summed E-state index contributed by atoms with van der Waals surface area (Å²) in [5.74, 6) is 0.722. The molecule has 23 heavy (non-hydrogen) atoms. The first-order chi connectivity index (χ1) is 10.8. The normalized spacial score (nSPS) is 23.9. The minimum atomic E-state index is -1.06. The first-order valence-corrected chi connectivity index (χ1v) is 8.07. The highest BCUT2D eigenvalue weighted by atomic mass is 35.5. The van der Waals surface area contributed by atoms with Crippen LogP contribution >= 0.6 is 11.6 Å². The second-order valence-electron chi connectivity index (χ2n) is 6.70. The van der Waals surface area contributed by atoms with E-state index >= 15 is 4.39 Å². The maximum absolute atomic E-state index is 15.3. The van der Waals surface area contributed by atoms with Gasteiger partial charge in [-0.15, -0.1) is 11.6 Å². The maximum atomic E-state index is 15.3. The van der Waals surface area contributed by atoms with E-state index in [9.17, 15) is 0 Å². The number of halogens is 2. The summed E-state index contributed by atoms with van der Waals surface area (Å²) >= 11 is 5.97. The molecule has 122 valence electrons. The van der Waals surface area contributed by atoms with E-state index in [4.69, 9.17) is 25.6 Å². The van der Waals surface area contributed by atoms with Gasteiger partial charge in [0.05, 0.1) is 23.3 Å².